The third-order valence-electron chi connectivity index (χ3n) is 3.12. The van der Waals surface area contributed by atoms with Gasteiger partial charge in [0.15, 0.2) is 0 Å². The number of nitrogens with zero attached hydrogens (tertiary/aromatic N) is 2. The molecule has 0 aromatic carbocycles. The van der Waals surface area contributed by atoms with E-state index in [1.165, 1.54) is 16.2 Å². The third kappa shape index (κ3) is 3.13. The van der Waals surface area contributed by atoms with Gasteiger partial charge in [-0.3, -0.25) is 14.6 Å². The van der Waals surface area contributed by atoms with Gasteiger partial charge in [0.2, 0.25) is 5.91 Å². The second-order valence-electron chi connectivity index (χ2n) is 4.62. The molecular formula is C14H18N4O2S. The van der Waals surface area contributed by atoms with Crippen LogP contribution in [0.25, 0.3) is 10.1 Å². The second-order valence-corrected chi connectivity index (χ2v) is 5.67. The summed E-state index contributed by atoms with van der Waals surface area (Å²) in [6, 6.07) is 1.79. The van der Waals surface area contributed by atoms with Crippen molar-refractivity contribution in [3.8, 4) is 0 Å². The van der Waals surface area contributed by atoms with Crippen LogP contribution >= 0.6 is 11.3 Å². The lowest BCUT2D eigenvalue weighted by Gasteiger charge is -2.20. The topological polar surface area (TPSA) is 88.3 Å². The summed E-state index contributed by atoms with van der Waals surface area (Å²) in [5.41, 5.74) is 6.53. The van der Waals surface area contributed by atoms with Crippen LogP contribution in [-0.2, 0) is 4.79 Å². The maximum Gasteiger partial charge on any atom is 0.266 e. The molecule has 112 valence electrons. The average Bonchev–Trinajstić information content (AvgIpc) is 2.83. The first-order valence-electron chi connectivity index (χ1n) is 6.70. The molecule has 2 heterocycles. The van der Waals surface area contributed by atoms with Crippen molar-refractivity contribution in [3.05, 3.63) is 23.3 Å². The standard InChI is InChI=1S/C14H18N4O2S/c1-3-6-18(8-11(19)16-2)14(20)13-12(15)9-4-5-17-7-10(9)21-13/h4-5,7H,3,6,8,15H2,1-2H3,(H,16,19). The van der Waals surface area contributed by atoms with Gasteiger partial charge in [0.05, 0.1) is 16.9 Å². The summed E-state index contributed by atoms with van der Waals surface area (Å²) in [6.07, 6.45) is 4.11. The number of fused-ring (bicyclic) bond motifs is 1. The number of likely N-dealkylation sites (N-methyl/N-ethyl adjacent to an activating group) is 1. The van der Waals surface area contributed by atoms with Crippen LogP contribution in [-0.4, -0.2) is 41.8 Å². The van der Waals surface area contributed by atoms with E-state index in [9.17, 15) is 9.59 Å². The average molecular weight is 306 g/mol. The number of pyridine rings is 1. The zero-order chi connectivity index (χ0) is 15.4. The summed E-state index contributed by atoms with van der Waals surface area (Å²) in [4.78, 5) is 30.2. The number of nitrogens with two attached hydrogens (primary N) is 1. The van der Waals surface area contributed by atoms with Gasteiger partial charge in [0, 0.05) is 31.4 Å². The smallest absolute Gasteiger partial charge is 0.266 e. The van der Waals surface area contributed by atoms with Gasteiger partial charge in [-0.25, -0.2) is 0 Å². The largest absolute Gasteiger partial charge is 0.397 e. The number of aromatic nitrogens is 1. The maximum atomic E-state index is 12.6. The lowest BCUT2D eigenvalue weighted by Crippen LogP contribution is -2.40. The fourth-order valence-electron chi connectivity index (χ4n) is 2.05. The molecule has 3 N–H and O–H groups in total. The highest BCUT2D eigenvalue weighted by atomic mass is 32.1. The van der Waals surface area contributed by atoms with Crippen molar-refractivity contribution >= 4 is 38.9 Å². The monoisotopic (exact) mass is 306 g/mol. The van der Waals surface area contributed by atoms with E-state index in [4.69, 9.17) is 5.73 Å². The quantitative estimate of drug-likeness (QED) is 0.875. The summed E-state index contributed by atoms with van der Waals surface area (Å²) in [5.74, 6) is -0.405. The van der Waals surface area contributed by atoms with Crippen LogP contribution in [0.4, 0.5) is 5.69 Å². The summed E-state index contributed by atoms with van der Waals surface area (Å²) >= 11 is 1.31. The number of amides is 2. The van der Waals surface area contributed by atoms with E-state index in [0.717, 1.165) is 16.5 Å². The number of hydrogen-bond acceptors (Lipinski definition) is 5. The molecule has 0 unspecified atom stereocenters. The van der Waals surface area contributed by atoms with E-state index < -0.39 is 0 Å². The van der Waals surface area contributed by atoms with Crippen molar-refractivity contribution in [2.75, 3.05) is 25.9 Å². The zero-order valence-electron chi connectivity index (χ0n) is 12.0. The van der Waals surface area contributed by atoms with Crippen molar-refractivity contribution in [3.63, 3.8) is 0 Å². The zero-order valence-corrected chi connectivity index (χ0v) is 12.9. The fourth-order valence-corrected chi connectivity index (χ4v) is 3.11. The SMILES string of the molecule is CCCN(CC(=O)NC)C(=O)c1sc2cnccc2c1N. The van der Waals surface area contributed by atoms with Gasteiger partial charge in [-0.15, -0.1) is 11.3 Å². The van der Waals surface area contributed by atoms with E-state index in [1.54, 1.807) is 25.5 Å². The van der Waals surface area contributed by atoms with E-state index in [1.807, 2.05) is 6.92 Å². The van der Waals surface area contributed by atoms with Crippen LogP contribution in [0.15, 0.2) is 18.5 Å². The number of rotatable bonds is 5. The summed E-state index contributed by atoms with van der Waals surface area (Å²) < 4.78 is 0.870. The molecular weight excluding hydrogens is 288 g/mol. The molecule has 0 aliphatic carbocycles. The third-order valence-corrected chi connectivity index (χ3v) is 4.26. The first-order chi connectivity index (χ1) is 10.1. The van der Waals surface area contributed by atoms with E-state index >= 15 is 0 Å². The molecule has 0 fully saturated rings. The Morgan fingerprint density at radius 2 is 2.24 bits per heavy atom. The molecule has 6 nitrogen and oxygen atoms in total. The normalized spacial score (nSPS) is 10.6. The Hall–Kier alpha value is -2.15. The number of carbonyl (C=O) groups is 2. The van der Waals surface area contributed by atoms with Crippen molar-refractivity contribution < 1.29 is 9.59 Å². The maximum absolute atomic E-state index is 12.6. The minimum atomic E-state index is -0.209. The number of hydrogen-bond donors (Lipinski definition) is 2. The molecule has 7 heteroatoms. The molecule has 0 aliphatic rings. The predicted molar refractivity (Wildman–Crippen MR) is 84.3 cm³/mol. The molecule has 2 amide bonds. The van der Waals surface area contributed by atoms with Crippen molar-refractivity contribution in [2.45, 2.75) is 13.3 Å². The highest BCUT2D eigenvalue weighted by Gasteiger charge is 2.23. The van der Waals surface area contributed by atoms with Gasteiger partial charge in [-0.2, -0.15) is 0 Å². The predicted octanol–water partition coefficient (Wildman–Crippen LogP) is 1.48. The number of carbonyl (C=O) groups excluding carboxylic acids is 2. The minimum absolute atomic E-state index is 0.0368. The Bertz CT molecular complexity index is 668. The Labute approximate surface area is 127 Å². The summed E-state index contributed by atoms with van der Waals surface area (Å²) in [7, 11) is 1.55. The van der Waals surface area contributed by atoms with E-state index in [0.29, 0.717) is 17.1 Å². The van der Waals surface area contributed by atoms with E-state index in [2.05, 4.69) is 10.3 Å². The summed E-state index contributed by atoms with van der Waals surface area (Å²) in [5, 5.41) is 3.36. The van der Waals surface area contributed by atoms with E-state index in [-0.39, 0.29) is 18.4 Å². The lowest BCUT2D eigenvalue weighted by atomic mass is 10.2. The van der Waals surface area contributed by atoms with Crippen LogP contribution in [0.2, 0.25) is 0 Å². The van der Waals surface area contributed by atoms with Crippen molar-refractivity contribution in [1.82, 2.24) is 15.2 Å². The Balaban J connectivity index is 2.34. The molecule has 2 rings (SSSR count). The van der Waals surface area contributed by atoms with Crippen LogP contribution in [0.1, 0.15) is 23.0 Å². The minimum Gasteiger partial charge on any atom is -0.397 e. The molecule has 0 spiro atoms. The molecule has 0 aliphatic heterocycles. The van der Waals surface area contributed by atoms with Crippen LogP contribution in [0.3, 0.4) is 0 Å². The second kappa shape index (κ2) is 6.53. The van der Waals surface area contributed by atoms with Gasteiger partial charge >= 0.3 is 0 Å². The van der Waals surface area contributed by atoms with Crippen molar-refractivity contribution in [1.29, 1.82) is 0 Å². The number of nitrogens with one attached hydrogen (secondary N) is 1. The molecule has 0 radical (unpaired) electrons. The first kappa shape index (κ1) is 15.2. The fraction of sp³-hybridized carbons (Fsp3) is 0.357. The van der Waals surface area contributed by atoms with Gasteiger partial charge in [-0.05, 0) is 12.5 Å². The van der Waals surface area contributed by atoms with Gasteiger partial charge < -0.3 is 16.0 Å². The molecule has 2 aromatic heterocycles. The molecule has 0 saturated heterocycles. The molecule has 2 aromatic rings. The van der Waals surface area contributed by atoms with Gasteiger partial charge in [0.25, 0.3) is 5.91 Å². The van der Waals surface area contributed by atoms with Gasteiger partial charge in [0.1, 0.15) is 4.88 Å². The van der Waals surface area contributed by atoms with Crippen molar-refractivity contribution in [2.24, 2.45) is 0 Å². The first-order valence-corrected chi connectivity index (χ1v) is 7.52. The number of nitrogen functional groups attached to an aromatic ring is 1. The molecule has 0 atom stereocenters. The molecule has 0 bridgehead atoms. The molecule has 21 heavy (non-hydrogen) atoms. The highest BCUT2D eigenvalue weighted by molar-refractivity contribution is 7.21. The Kier molecular flexibility index (Phi) is 4.74. The number of anilines is 1. The lowest BCUT2D eigenvalue weighted by molar-refractivity contribution is -0.121. The number of thiophene rings is 1. The van der Waals surface area contributed by atoms with Crippen LogP contribution in [0.5, 0.6) is 0 Å². The van der Waals surface area contributed by atoms with Gasteiger partial charge in [-0.1, -0.05) is 6.92 Å². The highest BCUT2D eigenvalue weighted by Crippen LogP contribution is 2.33. The summed E-state index contributed by atoms with van der Waals surface area (Å²) in [6.45, 7) is 2.51. The van der Waals surface area contributed by atoms with Crippen LogP contribution < -0.4 is 11.1 Å². The molecule has 0 saturated carbocycles. The Morgan fingerprint density at radius 1 is 1.48 bits per heavy atom. The Morgan fingerprint density at radius 3 is 2.86 bits per heavy atom. The van der Waals surface area contributed by atoms with Crippen LogP contribution in [0, 0.1) is 0 Å².